The number of hydrogen-bond acceptors (Lipinski definition) is 4. The summed E-state index contributed by atoms with van der Waals surface area (Å²) >= 11 is 11.7. The van der Waals surface area contributed by atoms with Crippen molar-refractivity contribution in [3.05, 3.63) is 50.8 Å². The Kier molecular flexibility index (Phi) is 3.28. The van der Waals surface area contributed by atoms with E-state index in [0.717, 1.165) is 0 Å². The van der Waals surface area contributed by atoms with Crippen molar-refractivity contribution in [2.24, 2.45) is 10.7 Å². The monoisotopic (exact) mass is 279 g/mol. The van der Waals surface area contributed by atoms with Crippen LogP contribution in [0.1, 0.15) is 5.56 Å². The number of rotatable bonds is 1. The molecule has 0 aromatic heterocycles. The molecule has 0 saturated carbocycles. The van der Waals surface area contributed by atoms with Gasteiger partial charge in [-0.05, 0) is 23.8 Å². The minimum absolute atomic E-state index is 0.00121. The van der Waals surface area contributed by atoms with Gasteiger partial charge in [0.2, 0.25) is 0 Å². The molecule has 1 aliphatic rings. The molecule has 18 heavy (non-hydrogen) atoms. The summed E-state index contributed by atoms with van der Waals surface area (Å²) in [5.41, 5.74) is 6.39. The average molecular weight is 280 g/mol. The number of amidine groups is 1. The Balaban J connectivity index is 2.45. The molecule has 0 amide bonds. The zero-order valence-electron chi connectivity index (χ0n) is 8.98. The number of aliphatic imine (C=N–C) groups is 1. The van der Waals surface area contributed by atoms with Gasteiger partial charge < -0.3 is 10.8 Å². The van der Waals surface area contributed by atoms with Gasteiger partial charge >= 0.3 is 0 Å². The Hall–Kier alpha value is -1.96. The van der Waals surface area contributed by atoms with Crippen molar-refractivity contribution < 1.29 is 5.11 Å². The van der Waals surface area contributed by atoms with E-state index in [4.69, 9.17) is 34.2 Å². The van der Waals surface area contributed by atoms with Crippen molar-refractivity contribution in [3.63, 3.8) is 0 Å². The number of benzene rings is 1. The van der Waals surface area contributed by atoms with E-state index >= 15 is 0 Å². The molecule has 0 atom stereocenters. The molecule has 1 heterocycles. The molecule has 2 rings (SSSR count). The smallest absolute Gasteiger partial charge is 0.162 e. The van der Waals surface area contributed by atoms with Crippen molar-refractivity contribution in [1.82, 2.24) is 0 Å². The molecule has 3 N–H and O–H groups in total. The summed E-state index contributed by atoms with van der Waals surface area (Å²) in [4.78, 5) is 3.90. The SMILES string of the molecule is N#CC1=C(O)C(=Cc2ccc(Cl)c(Cl)c2)N=C1N. The fraction of sp³-hybridized carbons (Fsp3) is 0. The third kappa shape index (κ3) is 2.19. The van der Waals surface area contributed by atoms with Crippen LogP contribution in [0.25, 0.3) is 6.08 Å². The van der Waals surface area contributed by atoms with Crippen LogP contribution in [0, 0.1) is 11.3 Å². The third-order valence-electron chi connectivity index (χ3n) is 2.34. The van der Waals surface area contributed by atoms with Crippen molar-refractivity contribution >= 4 is 35.1 Å². The highest BCUT2D eigenvalue weighted by Crippen LogP contribution is 2.27. The van der Waals surface area contributed by atoms with Gasteiger partial charge in [-0.25, -0.2) is 4.99 Å². The number of hydrogen-bond donors (Lipinski definition) is 2. The number of aliphatic hydroxyl groups is 1. The first-order valence-corrected chi connectivity index (χ1v) is 5.63. The predicted molar refractivity (Wildman–Crippen MR) is 71.3 cm³/mol. The van der Waals surface area contributed by atoms with Gasteiger partial charge in [0, 0.05) is 0 Å². The summed E-state index contributed by atoms with van der Waals surface area (Å²) in [7, 11) is 0. The van der Waals surface area contributed by atoms with Gasteiger partial charge in [-0.1, -0.05) is 29.3 Å². The Morgan fingerprint density at radius 3 is 2.61 bits per heavy atom. The lowest BCUT2D eigenvalue weighted by Crippen LogP contribution is -2.10. The van der Waals surface area contributed by atoms with Gasteiger partial charge in [-0.15, -0.1) is 0 Å². The van der Waals surface area contributed by atoms with Crippen molar-refractivity contribution in [2.45, 2.75) is 0 Å². The van der Waals surface area contributed by atoms with E-state index in [-0.39, 0.29) is 22.9 Å². The minimum Gasteiger partial charge on any atom is -0.504 e. The first-order valence-electron chi connectivity index (χ1n) is 4.88. The number of nitrogens with zero attached hydrogens (tertiary/aromatic N) is 2. The molecule has 1 aromatic rings. The molecule has 0 radical (unpaired) electrons. The van der Waals surface area contributed by atoms with E-state index in [9.17, 15) is 5.11 Å². The molecule has 90 valence electrons. The molecule has 0 spiro atoms. The largest absolute Gasteiger partial charge is 0.504 e. The van der Waals surface area contributed by atoms with Gasteiger partial charge in [-0.3, -0.25) is 0 Å². The van der Waals surface area contributed by atoms with Crippen molar-refractivity contribution in [1.29, 1.82) is 5.26 Å². The second-order valence-corrected chi connectivity index (χ2v) is 4.35. The highest BCUT2D eigenvalue weighted by Gasteiger charge is 2.21. The fourth-order valence-electron chi connectivity index (χ4n) is 1.46. The lowest BCUT2D eigenvalue weighted by Gasteiger charge is -1.99. The Bertz CT molecular complexity index is 654. The van der Waals surface area contributed by atoms with E-state index in [1.807, 2.05) is 0 Å². The van der Waals surface area contributed by atoms with Gasteiger partial charge in [0.1, 0.15) is 23.2 Å². The normalized spacial score (nSPS) is 16.9. The summed E-state index contributed by atoms with van der Waals surface area (Å²) in [6, 6.07) is 6.75. The van der Waals surface area contributed by atoms with Crippen LogP contribution in [0.3, 0.4) is 0 Å². The summed E-state index contributed by atoms with van der Waals surface area (Å²) < 4.78 is 0. The Morgan fingerprint density at radius 2 is 2.06 bits per heavy atom. The first kappa shape index (κ1) is 12.5. The van der Waals surface area contributed by atoms with Crippen LogP contribution in [-0.2, 0) is 0 Å². The van der Waals surface area contributed by atoms with Gasteiger partial charge in [0.15, 0.2) is 5.76 Å². The predicted octanol–water partition coefficient (Wildman–Crippen LogP) is 3.04. The van der Waals surface area contributed by atoms with Gasteiger partial charge in [0.05, 0.1) is 10.0 Å². The second kappa shape index (κ2) is 4.73. The number of nitriles is 1. The van der Waals surface area contributed by atoms with Crippen LogP contribution in [0.2, 0.25) is 10.0 Å². The summed E-state index contributed by atoms with van der Waals surface area (Å²) in [5, 5.41) is 19.3. The standard InChI is InChI=1S/C12H7Cl2N3O/c13-8-2-1-6(3-9(8)14)4-10-11(18)7(5-15)12(16)17-10/h1-4,18H,(H2,16,17). The molecule has 0 saturated heterocycles. The maximum Gasteiger partial charge on any atom is 0.162 e. The minimum atomic E-state index is -0.235. The Labute approximate surface area is 113 Å². The fourth-order valence-corrected chi connectivity index (χ4v) is 1.77. The summed E-state index contributed by atoms with van der Waals surface area (Å²) in [5.74, 6) is -0.234. The van der Waals surface area contributed by atoms with E-state index in [1.54, 1.807) is 30.3 Å². The van der Waals surface area contributed by atoms with Gasteiger partial charge in [0.25, 0.3) is 0 Å². The lowest BCUT2D eigenvalue weighted by atomic mass is 10.1. The zero-order chi connectivity index (χ0) is 13.3. The van der Waals surface area contributed by atoms with Crippen LogP contribution >= 0.6 is 23.2 Å². The number of aliphatic hydroxyl groups excluding tert-OH is 1. The van der Waals surface area contributed by atoms with Crippen LogP contribution in [0.5, 0.6) is 0 Å². The molecule has 6 heteroatoms. The lowest BCUT2D eigenvalue weighted by molar-refractivity contribution is 0.424. The number of nitrogens with two attached hydrogens (primary N) is 1. The molecule has 0 aliphatic carbocycles. The molecule has 1 aromatic carbocycles. The molecular weight excluding hydrogens is 273 g/mol. The highest BCUT2D eigenvalue weighted by molar-refractivity contribution is 6.42. The summed E-state index contributed by atoms with van der Waals surface area (Å²) in [6.45, 7) is 0. The average Bonchev–Trinajstić information content (AvgIpc) is 2.59. The van der Waals surface area contributed by atoms with E-state index < -0.39 is 0 Å². The molecule has 0 unspecified atom stereocenters. The van der Waals surface area contributed by atoms with Crippen molar-refractivity contribution in [2.75, 3.05) is 0 Å². The Morgan fingerprint density at radius 1 is 1.33 bits per heavy atom. The molecular formula is C12H7Cl2N3O. The van der Waals surface area contributed by atoms with Crippen LogP contribution in [-0.4, -0.2) is 10.9 Å². The van der Waals surface area contributed by atoms with Crippen LogP contribution in [0.4, 0.5) is 0 Å². The van der Waals surface area contributed by atoms with E-state index in [0.29, 0.717) is 15.6 Å². The quantitative estimate of drug-likeness (QED) is 0.829. The maximum atomic E-state index is 9.74. The topological polar surface area (TPSA) is 82.4 Å². The van der Waals surface area contributed by atoms with E-state index in [2.05, 4.69) is 4.99 Å². The first-order chi connectivity index (χ1) is 8.52. The van der Waals surface area contributed by atoms with Gasteiger partial charge in [-0.2, -0.15) is 5.26 Å². The molecule has 1 aliphatic heterocycles. The molecule has 0 bridgehead atoms. The second-order valence-electron chi connectivity index (χ2n) is 3.54. The maximum absolute atomic E-state index is 9.74. The molecule has 4 nitrogen and oxygen atoms in total. The van der Waals surface area contributed by atoms with Crippen molar-refractivity contribution in [3.8, 4) is 6.07 Å². The van der Waals surface area contributed by atoms with E-state index in [1.165, 1.54) is 0 Å². The molecule has 0 fully saturated rings. The highest BCUT2D eigenvalue weighted by atomic mass is 35.5. The van der Waals surface area contributed by atoms with Crippen LogP contribution < -0.4 is 5.73 Å². The number of halogens is 2. The van der Waals surface area contributed by atoms with Crippen LogP contribution in [0.15, 0.2) is 40.2 Å². The zero-order valence-corrected chi connectivity index (χ0v) is 10.5. The third-order valence-corrected chi connectivity index (χ3v) is 3.07. The summed E-state index contributed by atoms with van der Waals surface area (Å²) in [6.07, 6.45) is 1.56.